The van der Waals surface area contributed by atoms with Gasteiger partial charge in [-0.15, -0.1) is 11.8 Å². The summed E-state index contributed by atoms with van der Waals surface area (Å²) in [5, 5.41) is 3.01. The molecule has 2 saturated heterocycles. The second-order valence-corrected chi connectivity index (χ2v) is 8.79. The lowest BCUT2D eigenvalue weighted by molar-refractivity contribution is 0.0105. The third kappa shape index (κ3) is 3.83. The first-order valence-electron chi connectivity index (χ1n) is 8.32. The summed E-state index contributed by atoms with van der Waals surface area (Å²) in [6, 6.07) is 8.14. The van der Waals surface area contributed by atoms with Crippen molar-refractivity contribution >= 4 is 23.5 Å². The summed E-state index contributed by atoms with van der Waals surface area (Å²) in [5.41, 5.74) is 2.25. The van der Waals surface area contributed by atoms with Crippen LogP contribution in [0, 0.1) is 0 Å². The molecule has 1 N–H and O–H groups in total. The van der Waals surface area contributed by atoms with Crippen molar-refractivity contribution in [2.75, 3.05) is 30.8 Å². The SMILES string of the molecule is CC(C)(C)c1ccc(NC(=O)N2CCC3(CC2)OCCS3)cc1. The van der Waals surface area contributed by atoms with E-state index in [0.717, 1.165) is 44.0 Å². The lowest BCUT2D eigenvalue weighted by Gasteiger charge is -2.37. The molecule has 0 bridgehead atoms. The highest BCUT2D eigenvalue weighted by molar-refractivity contribution is 8.00. The third-order valence-electron chi connectivity index (χ3n) is 4.63. The highest BCUT2D eigenvalue weighted by atomic mass is 32.2. The molecule has 4 nitrogen and oxygen atoms in total. The Hall–Kier alpha value is -1.20. The molecule has 2 heterocycles. The van der Waals surface area contributed by atoms with Crippen LogP contribution in [-0.4, -0.2) is 41.3 Å². The summed E-state index contributed by atoms with van der Waals surface area (Å²) < 4.78 is 5.88. The van der Waals surface area contributed by atoms with Crippen LogP contribution >= 0.6 is 11.8 Å². The largest absolute Gasteiger partial charge is 0.363 e. The molecule has 0 atom stereocenters. The molecule has 1 aromatic rings. The smallest absolute Gasteiger partial charge is 0.321 e. The zero-order chi connectivity index (χ0) is 16.5. The van der Waals surface area contributed by atoms with Gasteiger partial charge in [-0.25, -0.2) is 4.79 Å². The van der Waals surface area contributed by atoms with Crippen LogP contribution in [0.25, 0.3) is 0 Å². The van der Waals surface area contributed by atoms with E-state index in [1.807, 2.05) is 28.8 Å². The molecule has 0 aliphatic carbocycles. The Bertz CT molecular complexity index is 549. The number of urea groups is 1. The van der Waals surface area contributed by atoms with E-state index in [1.165, 1.54) is 5.56 Å². The van der Waals surface area contributed by atoms with Gasteiger partial charge in [0.2, 0.25) is 0 Å². The minimum absolute atomic E-state index is 0.00800. The van der Waals surface area contributed by atoms with E-state index in [0.29, 0.717) is 0 Å². The number of rotatable bonds is 1. The lowest BCUT2D eigenvalue weighted by Crippen LogP contribution is -2.46. The quantitative estimate of drug-likeness (QED) is 0.842. The number of anilines is 1. The molecule has 0 radical (unpaired) electrons. The van der Waals surface area contributed by atoms with Gasteiger partial charge in [0.05, 0.1) is 6.61 Å². The number of nitrogens with one attached hydrogen (secondary N) is 1. The molecule has 2 aliphatic heterocycles. The average Bonchev–Trinajstić information content (AvgIpc) is 2.96. The lowest BCUT2D eigenvalue weighted by atomic mass is 9.87. The molecular weight excluding hydrogens is 308 g/mol. The fourth-order valence-corrected chi connectivity index (χ4v) is 4.27. The van der Waals surface area contributed by atoms with Gasteiger partial charge in [0.15, 0.2) is 0 Å². The minimum atomic E-state index is -0.0227. The Labute approximate surface area is 143 Å². The molecule has 1 aromatic carbocycles. The number of hydrogen-bond donors (Lipinski definition) is 1. The van der Waals surface area contributed by atoms with E-state index in [4.69, 9.17) is 4.74 Å². The van der Waals surface area contributed by atoms with Gasteiger partial charge in [0.1, 0.15) is 4.93 Å². The monoisotopic (exact) mass is 334 g/mol. The second kappa shape index (κ2) is 6.36. The van der Waals surface area contributed by atoms with Gasteiger partial charge in [-0.05, 0) is 23.1 Å². The molecule has 2 amide bonds. The van der Waals surface area contributed by atoms with Gasteiger partial charge in [-0.1, -0.05) is 32.9 Å². The van der Waals surface area contributed by atoms with Crippen molar-refractivity contribution in [1.29, 1.82) is 0 Å². The Morgan fingerprint density at radius 2 is 1.87 bits per heavy atom. The summed E-state index contributed by atoms with van der Waals surface area (Å²) in [4.78, 5) is 14.3. The van der Waals surface area contributed by atoms with Gasteiger partial charge in [0.25, 0.3) is 0 Å². The third-order valence-corrected chi connectivity index (χ3v) is 6.05. The predicted octanol–water partition coefficient (Wildman–Crippen LogP) is 4.07. The second-order valence-electron chi connectivity index (χ2n) is 7.35. The van der Waals surface area contributed by atoms with Crippen molar-refractivity contribution < 1.29 is 9.53 Å². The number of carbonyl (C=O) groups is 1. The maximum absolute atomic E-state index is 12.4. The molecule has 2 aliphatic rings. The van der Waals surface area contributed by atoms with E-state index >= 15 is 0 Å². The predicted molar refractivity (Wildman–Crippen MR) is 96.1 cm³/mol. The molecule has 1 spiro atoms. The number of nitrogens with zero attached hydrogens (tertiary/aromatic N) is 1. The Kier molecular flexibility index (Phi) is 4.61. The highest BCUT2D eigenvalue weighted by Crippen LogP contribution is 2.41. The van der Waals surface area contributed by atoms with E-state index in [1.54, 1.807) is 0 Å². The Morgan fingerprint density at radius 3 is 2.39 bits per heavy atom. The highest BCUT2D eigenvalue weighted by Gasteiger charge is 2.40. The zero-order valence-corrected chi connectivity index (χ0v) is 15.0. The topological polar surface area (TPSA) is 41.6 Å². The molecule has 3 rings (SSSR count). The number of amides is 2. The number of hydrogen-bond acceptors (Lipinski definition) is 3. The molecule has 23 heavy (non-hydrogen) atoms. The minimum Gasteiger partial charge on any atom is -0.363 e. The summed E-state index contributed by atoms with van der Waals surface area (Å²) in [5.74, 6) is 1.08. The first-order valence-corrected chi connectivity index (χ1v) is 9.31. The van der Waals surface area contributed by atoms with Crippen LogP contribution in [0.15, 0.2) is 24.3 Å². The number of carbonyl (C=O) groups excluding carboxylic acids is 1. The van der Waals surface area contributed by atoms with Crippen LogP contribution in [0.3, 0.4) is 0 Å². The molecule has 0 aromatic heterocycles. The standard InChI is InChI=1S/C18H26N2O2S/c1-17(2,3)14-4-6-15(7-5-14)19-16(21)20-10-8-18(9-11-20)22-12-13-23-18/h4-7H,8-13H2,1-3H3,(H,19,21). The summed E-state index contributed by atoms with van der Waals surface area (Å²) in [7, 11) is 0. The van der Waals surface area contributed by atoms with Crippen molar-refractivity contribution in [3.8, 4) is 0 Å². The van der Waals surface area contributed by atoms with E-state index in [9.17, 15) is 4.79 Å². The number of ether oxygens (including phenoxy) is 1. The van der Waals surface area contributed by atoms with Crippen molar-refractivity contribution in [1.82, 2.24) is 4.90 Å². The molecular formula is C18H26N2O2S. The van der Waals surface area contributed by atoms with Crippen LogP contribution in [0.1, 0.15) is 39.2 Å². The Morgan fingerprint density at radius 1 is 1.22 bits per heavy atom. The van der Waals surface area contributed by atoms with Crippen LogP contribution in [0.2, 0.25) is 0 Å². The van der Waals surface area contributed by atoms with Gasteiger partial charge in [0, 0.05) is 37.4 Å². The number of thioether (sulfide) groups is 1. The molecule has 0 unspecified atom stereocenters. The van der Waals surface area contributed by atoms with Crippen molar-refractivity contribution in [3.63, 3.8) is 0 Å². The van der Waals surface area contributed by atoms with E-state index in [-0.39, 0.29) is 16.4 Å². The first-order chi connectivity index (χ1) is 10.9. The van der Waals surface area contributed by atoms with Gasteiger partial charge in [-0.3, -0.25) is 0 Å². The van der Waals surface area contributed by atoms with Crippen LogP contribution in [0.4, 0.5) is 10.5 Å². The van der Waals surface area contributed by atoms with Crippen molar-refractivity contribution in [2.45, 2.75) is 44.0 Å². The fraction of sp³-hybridized carbons (Fsp3) is 0.611. The average molecular weight is 334 g/mol. The molecule has 2 fully saturated rings. The van der Waals surface area contributed by atoms with Crippen LogP contribution in [-0.2, 0) is 10.2 Å². The zero-order valence-electron chi connectivity index (χ0n) is 14.2. The molecule has 126 valence electrons. The number of benzene rings is 1. The summed E-state index contributed by atoms with van der Waals surface area (Å²) in [6.45, 7) is 8.93. The van der Waals surface area contributed by atoms with Gasteiger partial charge < -0.3 is 15.0 Å². The summed E-state index contributed by atoms with van der Waals surface area (Å²) in [6.07, 6.45) is 1.85. The van der Waals surface area contributed by atoms with Gasteiger partial charge >= 0.3 is 6.03 Å². The van der Waals surface area contributed by atoms with Crippen LogP contribution in [0.5, 0.6) is 0 Å². The van der Waals surface area contributed by atoms with Gasteiger partial charge in [-0.2, -0.15) is 0 Å². The maximum atomic E-state index is 12.4. The van der Waals surface area contributed by atoms with E-state index in [2.05, 4.69) is 38.2 Å². The fourth-order valence-electron chi connectivity index (χ4n) is 3.09. The van der Waals surface area contributed by atoms with E-state index < -0.39 is 0 Å². The van der Waals surface area contributed by atoms with Crippen molar-refractivity contribution in [2.24, 2.45) is 0 Å². The number of piperidine rings is 1. The first kappa shape index (κ1) is 16.7. The van der Waals surface area contributed by atoms with Crippen LogP contribution < -0.4 is 5.32 Å². The summed E-state index contributed by atoms with van der Waals surface area (Å²) >= 11 is 1.91. The van der Waals surface area contributed by atoms with Crippen molar-refractivity contribution in [3.05, 3.63) is 29.8 Å². The maximum Gasteiger partial charge on any atom is 0.321 e. The molecule has 5 heteroatoms. The molecule has 0 saturated carbocycles. The number of likely N-dealkylation sites (tertiary alicyclic amines) is 1. The normalized spacial score (nSPS) is 20.7. The Balaban J connectivity index is 1.55.